The van der Waals surface area contributed by atoms with Crippen LogP contribution in [0.3, 0.4) is 0 Å². The molecule has 0 atom stereocenters. The number of hydrogen-bond donors (Lipinski definition) is 1. The predicted octanol–water partition coefficient (Wildman–Crippen LogP) is -3.09. The van der Waals surface area contributed by atoms with Gasteiger partial charge >= 0.3 is 0 Å². The van der Waals surface area contributed by atoms with E-state index < -0.39 is 0 Å². The molecule has 6 heteroatoms. The molecule has 0 bridgehead atoms. The summed E-state index contributed by atoms with van der Waals surface area (Å²) in [6, 6.07) is 0. The number of Topliss-reactive ketones (excluding diaryl/α,β-unsaturated/α-hetero) is 1. The molecule has 1 N–H and O–H groups in total. The molecule has 0 aromatic heterocycles. The van der Waals surface area contributed by atoms with Crippen molar-refractivity contribution in [1.29, 1.82) is 0 Å². The van der Waals surface area contributed by atoms with Gasteiger partial charge < -0.3 is 10.0 Å². The number of hydrogen-bond acceptors (Lipinski definition) is 3. The lowest BCUT2D eigenvalue weighted by Crippen LogP contribution is -2.34. The van der Waals surface area contributed by atoms with E-state index in [1.807, 2.05) is 12.8 Å². The third kappa shape index (κ3) is 7.68. The highest BCUT2D eigenvalue weighted by Gasteiger charge is 1.99. The van der Waals surface area contributed by atoms with Gasteiger partial charge in [-0.2, -0.15) is 0 Å². The fourth-order valence-corrected chi connectivity index (χ4v) is 0.906. The van der Waals surface area contributed by atoms with Crippen molar-refractivity contribution in [3.63, 3.8) is 0 Å². The molecule has 0 rings (SSSR count). The molecular formula is C5H15B3N2O. The van der Waals surface area contributed by atoms with E-state index >= 15 is 0 Å². The van der Waals surface area contributed by atoms with Crippen molar-refractivity contribution in [2.24, 2.45) is 0 Å². The van der Waals surface area contributed by atoms with Gasteiger partial charge in [-0.15, -0.1) is 0 Å². The Balaban J connectivity index is 3.22. The van der Waals surface area contributed by atoms with Crippen molar-refractivity contribution in [2.75, 3.05) is 19.6 Å². The van der Waals surface area contributed by atoms with E-state index in [9.17, 15) is 4.79 Å². The van der Waals surface area contributed by atoms with Gasteiger partial charge in [0.1, 0.15) is 5.78 Å². The zero-order valence-corrected chi connectivity index (χ0v) is 7.68. The van der Waals surface area contributed by atoms with Crippen LogP contribution in [-0.2, 0) is 4.79 Å². The maximum atomic E-state index is 10.6. The topological polar surface area (TPSA) is 32.3 Å². The van der Waals surface area contributed by atoms with Gasteiger partial charge in [0, 0.05) is 6.54 Å². The smallest absolute Gasteiger partial charge is 0.186 e. The molecule has 0 spiro atoms. The molecule has 0 amide bonds. The van der Waals surface area contributed by atoms with Crippen molar-refractivity contribution in [2.45, 2.75) is 6.92 Å². The molecule has 0 fully saturated rings. The van der Waals surface area contributed by atoms with Crippen LogP contribution >= 0.6 is 0 Å². The summed E-state index contributed by atoms with van der Waals surface area (Å²) in [7, 11) is 5.03. The van der Waals surface area contributed by atoms with Gasteiger partial charge in [-0.1, -0.05) is 0 Å². The van der Waals surface area contributed by atoms with E-state index in [2.05, 4.69) is 13.0 Å². The Kier molecular flexibility index (Phi) is 6.37. The summed E-state index contributed by atoms with van der Waals surface area (Å²) in [5.41, 5.74) is 0. The quantitative estimate of drug-likeness (QED) is 0.323. The Hall–Kier alpha value is -0.215. The molecule has 0 unspecified atom stereocenters. The molecule has 0 aliphatic rings. The average Bonchev–Trinajstić information content (AvgIpc) is 1.86. The van der Waals surface area contributed by atoms with E-state index in [1.54, 1.807) is 6.92 Å². The summed E-state index contributed by atoms with van der Waals surface area (Å²) >= 11 is 0. The maximum Gasteiger partial charge on any atom is 0.186 e. The van der Waals surface area contributed by atoms with Crippen LogP contribution in [0.25, 0.3) is 0 Å². The zero-order valence-electron chi connectivity index (χ0n) is 7.68. The lowest BCUT2D eigenvalue weighted by Gasteiger charge is -2.14. The minimum atomic E-state index is 0.226. The monoisotopic (exact) mass is 152 g/mol. The Morgan fingerprint density at radius 2 is 2.36 bits per heavy atom. The third-order valence-electron chi connectivity index (χ3n) is 1.41. The molecule has 0 saturated carbocycles. The lowest BCUT2D eigenvalue weighted by molar-refractivity contribution is -0.117. The second-order valence-electron chi connectivity index (χ2n) is 2.79. The van der Waals surface area contributed by atoms with E-state index in [0.29, 0.717) is 6.54 Å². The number of rotatable bonds is 6. The second kappa shape index (κ2) is 6.49. The molecule has 0 saturated heterocycles. The van der Waals surface area contributed by atoms with Crippen LogP contribution < -0.4 is 5.23 Å². The Bertz CT molecular complexity index is 122. The highest BCUT2D eigenvalue weighted by Crippen LogP contribution is 1.79. The fourth-order valence-electron chi connectivity index (χ4n) is 0.906. The first-order chi connectivity index (χ1) is 5.16. The maximum absolute atomic E-state index is 10.6. The molecule has 11 heavy (non-hydrogen) atoms. The molecular weight excluding hydrogens is 137 g/mol. The SMILES string of the molecule is BBNCCN(B)CC(C)=O. The van der Waals surface area contributed by atoms with Crippen molar-refractivity contribution in [3.8, 4) is 0 Å². The van der Waals surface area contributed by atoms with Gasteiger partial charge in [-0.3, -0.25) is 4.79 Å². The largest absolute Gasteiger partial charge is 0.365 e. The average molecular weight is 152 g/mol. The van der Waals surface area contributed by atoms with Gasteiger partial charge in [0.15, 0.2) is 15.3 Å². The standard InChI is InChI=1S/C5H15B3N2O/c1-5(11)4-10(7)3-2-9-8-6/h8-9H,2-4,6-7H2,1H3. The van der Waals surface area contributed by atoms with Gasteiger partial charge in [-0.25, -0.2) is 0 Å². The van der Waals surface area contributed by atoms with Gasteiger partial charge in [0.25, 0.3) is 0 Å². The Morgan fingerprint density at radius 3 is 2.82 bits per heavy atom. The summed E-state index contributed by atoms with van der Waals surface area (Å²) in [6.45, 7) is 4.07. The first-order valence-electron chi connectivity index (χ1n) is 4.05. The minimum absolute atomic E-state index is 0.226. The van der Waals surface area contributed by atoms with Crippen LogP contribution in [0.1, 0.15) is 6.92 Å². The van der Waals surface area contributed by atoms with Crippen molar-refractivity contribution < 1.29 is 4.79 Å². The Labute approximate surface area is 71.0 Å². The summed E-state index contributed by atoms with van der Waals surface area (Å²) in [5, 5.41) is 3.20. The number of carbonyl (C=O) groups excluding carboxylic acids is 1. The highest BCUT2D eigenvalue weighted by molar-refractivity contribution is 6.87. The first-order valence-corrected chi connectivity index (χ1v) is 4.05. The first kappa shape index (κ1) is 10.8. The zero-order chi connectivity index (χ0) is 8.69. The molecule has 3 nitrogen and oxygen atoms in total. The van der Waals surface area contributed by atoms with Crippen LogP contribution in [0.5, 0.6) is 0 Å². The summed E-state index contributed by atoms with van der Waals surface area (Å²) in [4.78, 5) is 12.6. The van der Waals surface area contributed by atoms with Crippen molar-refractivity contribution in [3.05, 3.63) is 0 Å². The van der Waals surface area contributed by atoms with E-state index in [-0.39, 0.29) is 5.78 Å². The number of carbonyl (C=O) groups is 1. The van der Waals surface area contributed by atoms with Gasteiger partial charge in [-0.05, 0) is 20.0 Å². The van der Waals surface area contributed by atoms with Gasteiger partial charge in [0.05, 0.1) is 7.74 Å². The summed E-state index contributed by atoms with van der Waals surface area (Å²) in [6.07, 6.45) is 0. The molecule has 0 aromatic rings. The molecule has 0 aromatic carbocycles. The van der Waals surface area contributed by atoms with Gasteiger partial charge in [0.2, 0.25) is 0 Å². The Morgan fingerprint density at radius 1 is 1.73 bits per heavy atom. The molecule has 60 valence electrons. The normalized spacial score (nSPS) is 10.0. The van der Waals surface area contributed by atoms with Crippen molar-refractivity contribution in [1.82, 2.24) is 10.0 Å². The van der Waals surface area contributed by atoms with Crippen LogP contribution in [-0.4, -0.2) is 53.3 Å². The van der Waals surface area contributed by atoms with Crippen LogP contribution in [0, 0.1) is 0 Å². The number of nitrogens with one attached hydrogen (secondary N) is 1. The molecule has 0 radical (unpaired) electrons. The van der Waals surface area contributed by atoms with Crippen LogP contribution in [0.4, 0.5) is 0 Å². The highest BCUT2D eigenvalue weighted by atomic mass is 16.1. The minimum Gasteiger partial charge on any atom is -0.365 e. The van der Waals surface area contributed by atoms with E-state index in [1.165, 1.54) is 0 Å². The molecule has 0 heterocycles. The predicted molar refractivity (Wildman–Crippen MR) is 54.5 cm³/mol. The van der Waals surface area contributed by atoms with E-state index in [4.69, 9.17) is 0 Å². The third-order valence-corrected chi connectivity index (χ3v) is 1.41. The lowest BCUT2D eigenvalue weighted by atomic mass is 9.67. The van der Waals surface area contributed by atoms with Crippen LogP contribution in [0.15, 0.2) is 0 Å². The molecule has 0 aliphatic carbocycles. The summed E-state index contributed by atoms with van der Waals surface area (Å²) in [5.74, 6) is 0.226. The van der Waals surface area contributed by atoms with Crippen LogP contribution in [0.2, 0.25) is 0 Å². The fraction of sp³-hybridized carbons (Fsp3) is 0.800. The number of ketones is 1. The van der Waals surface area contributed by atoms with Crippen molar-refractivity contribution >= 4 is 28.8 Å². The summed E-state index contributed by atoms with van der Waals surface area (Å²) < 4.78 is 0. The molecule has 0 aliphatic heterocycles. The number of nitrogens with zero attached hydrogens (tertiary/aromatic N) is 1. The van der Waals surface area contributed by atoms with E-state index in [0.717, 1.165) is 20.4 Å². The second-order valence-corrected chi connectivity index (χ2v) is 2.79.